The van der Waals surface area contributed by atoms with Crippen LogP contribution in [0.25, 0.3) is 0 Å². The van der Waals surface area contributed by atoms with Crippen LogP contribution in [0.4, 0.5) is 0 Å². The zero-order valence-corrected chi connectivity index (χ0v) is 17.8. The van der Waals surface area contributed by atoms with Crippen molar-refractivity contribution in [3.63, 3.8) is 0 Å². The van der Waals surface area contributed by atoms with E-state index in [2.05, 4.69) is 36.4 Å². The van der Waals surface area contributed by atoms with Crippen molar-refractivity contribution in [1.29, 1.82) is 5.26 Å². The Labute approximate surface area is 196 Å². The third-order valence-corrected chi connectivity index (χ3v) is 4.92. The molecule has 4 heteroatoms. The molecule has 2 saturated carbocycles. The van der Waals surface area contributed by atoms with Crippen molar-refractivity contribution in [2.24, 2.45) is 5.73 Å². The molecule has 28 heavy (non-hydrogen) atoms. The Hall–Kier alpha value is -0.980. The first kappa shape index (κ1) is 29.2. The van der Waals surface area contributed by atoms with E-state index >= 15 is 0 Å². The molecule has 2 N–H and O–H groups in total. The number of benzene rings is 2. The third kappa shape index (κ3) is 7.80. The molecule has 0 radical (unpaired) electrons. The molecule has 0 aliphatic heterocycles. The molecule has 0 bridgehead atoms. The van der Waals surface area contributed by atoms with E-state index in [-0.39, 0.29) is 43.1 Å². The van der Waals surface area contributed by atoms with Gasteiger partial charge in [-0.2, -0.15) is 5.26 Å². The molecule has 2 aliphatic carbocycles. The van der Waals surface area contributed by atoms with E-state index in [9.17, 15) is 0 Å². The second kappa shape index (κ2) is 14.9. The maximum absolute atomic E-state index is 8.86. The van der Waals surface area contributed by atoms with Crippen LogP contribution in [0, 0.1) is 11.3 Å². The maximum Gasteiger partial charge on any atom is 1.00 e. The second-order valence-electron chi connectivity index (χ2n) is 6.41. The monoisotopic (exact) mass is 388 g/mol. The summed E-state index contributed by atoms with van der Waals surface area (Å²) in [6.07, 6.45) is 4.61. The van der Waals surface area contributed by atoms with Crippen molar-refractivity contribution in [3.05, 3.63) is 71.8 Å². The van der Waals surface area contributed by atoms with Crippen molar-refractivity contribution < 1.29 is 20.3 Å². The van der Waals surface area contributed by atoms with Crippen LogP contribution in [0.5, 0.6) is 0 Å². The molecule has 0 amide bonds. The van der Waals surface area contributed by atoms with E-state index in [0.717, 1.165) is 19.4 Å². The molecule has 4 rings (SSSR count). The van der Waals surface area contributed by atoms with Gasteiger partial charge in [-0.3, -0.25) is 0 Å². The predicted octanol–water partition coefficient (Wildman–Crippen LogP) is 1.90. The largest absolute Gasteiger partial charge is 1.00 e. The van der Waals surface area contributed by atoms with Crippen molar-refractivity contribution in [2.45, 2.75) is 64.2 Å². The van der Waals surface area contributed by atoms with Gasteiger partial charge in [0.05, 0.1) is 11.5 Å². The Bertz CT molecular complexity index is 666. The summed E-state index contributed by atoms with van der Waals surface area (Å²) in [6, 6.07) is 23.0. The second-order valence-corrected chi connectivity index (χ2v) is 6.41. The van der Waals surface area contributed by atoms with Gasteiger partial charge in [-0.25, -0.2) is 0 Å². The van der Waals surface area contributed by atoms with E-state index in [0.29, 0.717) is 5.41 Å². The van der Waals surface area contributed by atoms with Gasteiger partial charge in [-0.15, -0.1) is 0 Å². The van der Waals surface area contributed by atoms with Crippen molar-refractivity contribution in [3.8, 4) is 6.07 Å². The Morgan fingerprint density at radius 2 is 1.21 bits per heavy atom. The van der Waals surface area contributed by atoms with Crippen molar-refractivity contribution in [1.82, 2.24) is 0 Å². The zero-order valence-electron chi connectivity index (χ0n) is 18.8. The van der Waals surface area contributed by atoms with Crippen LogP contribution in [-0.4, -0.2) is 23.9 Å². The van der Waals surface area contributed by atoms with Gasteiger partial charge >= 0.3 is 18.9 Å². The molecular formula is C24H38AlLiN2. The summed E-state index contributed by atoms with van der Waals surface area (Å²) in [5, 5.41) is 8.86. The quantitative estimate of drug-likeness (QED) is 0.817. The first-order valence-corrected chi connectivity index (χ1v) is 9.97. The smallest absolute Gasteiger partial charge is 1.00 e. The Morgan fingerprint density at radius 1 is 0.821 bits per heavy atom. The molecule has 0 aromatic heterocycles. The van der Waals surface area contributed by atoms with E-state index in [1.807, 2.05) is 58.0 Å². The molecule has 0 spiro atoms. The number of nitrogens with zero attached hydrogens (tertiary/aromatic N) is 1. The summed E-state index contributed by atoms with van der Waals surface area (Å²) in [4.78, 5) is 0. The van der Waals surface area contributed by atoms with E-state index in [1.54, 1.807) is 0 Å². The molecule has 2 aromatic carbocycles. The summed E-state index contributed by atoms with van der Waals surface area (Å²) in [5.74, 6) is 0. The van der Waals surface area contributed by atoms with Gasteiger partial charge in [-0.1, -0.05) is 88.4 Å². The van der Waals surface area contributed by atoms with Crippen molar-refractivity contribution in [2.75, 3.05) is 6.54 Å². The zero-order chi connectivity index (χ0) is 19.5. The SMILES string of the molecule is CC.CC.N#CC1(c2ccccc2)CC1.NCC1(c2ccccc2)CC1.[AlH3].[H-].[Li+]. The van der Waals surface area contributed by atoms with Gasteiger partial charge in [0.25, 0.3) is 0 Å². The molecule has 2 fully saturated rings. The number of hydrogen-bond acceptors (Lipinski definition) is 2. The fraction of sp³-hybridized carbons (Fsp3) is 0.458. The Morgan fingerprint density at radius 3 is 1.50 bits per heavy atom. The maximum atomic E-state index is 8.86. The normalized spacial score (nSPS) is 15.6. The Kier molecular flexibility index (Phi) is 15.6. The van der Waals surface area contributed by atoms with E-state index in [4.69, 9.17) is 11.0 Å². The van der Waals surface area contributed by atoms with Crippen LogP contribution in [-0.2, 0) is 10.8 Å². The van der Waals surface area contributed by atoms with Gasteiger partial charge in [-0.05, 0) is 36.8 Å². The van der Waals surface area contributed by atoms with Gasteiger partial charge in [0.2, 0.25) is 0 Å². The number of nitrogens with two attached hydrogens (primary N) is 1. The van der Waals surface area contributed by atoms with Gasteiger partial charge in [0.15, 0.2) is 17.4 Å². The molecule has 0 atom stereocenters. The van der Waals surface area contributed by atoms with Crippen LogP contribution in [0.2, 0.25) is 0 Å². The molecule has 0 heterocycles. The standard InChI is InChI=1S/C10H13N.C10H9N.2C2H6.Al.Li.4H/c2*11-8-10(6-7-10)9-4-2-1-3-5-9;2*1-2;;;;;;/h1-5H,6-8,11H2;1-5H,6-7H2;2*1-2H3;;;;;;/q;;;;;+1;;;;-1. The van der Waals surface area contributed by atoms with Gasteiger partial charge < -0.3 is 7.16 Å². The van der Waals surface area contributed by atoms with Crippen LogP contribution in [0.1, 0.15) is 65.9 Å². The fourth-order valence-corrected chi connectivity index (χ4v) is 2.90. The molecule has 0 saturated heterocycles. The molecule has 2 aromatic rings. The minimum Gasteiger partial charge on any atom is -1.00 e. The summed E-state index contributed by atoms with van der Waals surface area (Å²) in [5.41, 5.74) is 8.56. The first-order valence-electron chi connectivity index (χ1n) is 9.97. The average Bonchev–Trinajstić information content (AvgIpc) is 3.68. The summed E-state index contributed by atoms with van der Waals surface area (Å²) in [6.45, 7) is 8.80. The number of hydrogen-bond donors (Lipinski definition) is 1. The van der Waals surface area contributed by atoms with Crippen LogP contribution >= 0.6 is 0 Å². The van der Waals surface area contributed by atoms with Gasteiger partial charge in [0, 0.05) is 12.0 Å². The van der Waals surface area contributed by atoms with E-state index in [1.165, 1.54) is 24.0 Å². The molecule has 2 aliphatic rings. The fourth-order valence-electron chi connectivity index (χ4n) is 2.90. The summed E-state index contributed by atoms with van der Waals surface area (Å²) < 4.78 is 0. The molecular weight excluding hydrogens is 350 g/mol. The van der Waals surface area contributed by atoms with Crippen LogP contribution < -0.4 is 24.6 Å². The first-order chi connectivity index (χ1) is 12.7. The van der Waals surface area contributed by atoms with E-state index < -0.39 is 0 Å². The Balaban J connectivity index is -0.000000366. The minimum absolute atomic E-state index is 0. The van der Waals surface area contributed by atoms with Crippen molar-refractivity contribution >= 4 is 17.4 Å². The van der Waals surface area contributed by atoms with Gasteiger partial charge in [0.1, 0.15) is 0 Å². The minimum atomic E-state index is -0.110. The summed E-state index contributed by atoms with van der Waals surface area (Å²) in [7, 11) is 0. The molecule has 0 unspecified atom stereocenters. The van der Waals surface area contributed by atoms with Crippen LogP contribution in [0.3, 0.4) is 0 Å². The third-order valence-electron chi connectivity index (χ3n) is 4.92. The van der Waals surface area contributed by atoms with Crippen LogP contribution in [0.15, 0.2) is 60.7 Å². The average molecular weight is 389 g/mol. The number of nitriles is 1. The number of rotatable bonds is 3. The topological polar surface area (TPSA) is 49.8 Å². The molecule has 148 valence electrons. The molecule has 2 nitrogen and oxygen atoms in total. The summed E-state index contributed by atoms with van der Waals surface area (Å²) >= 11 is 0. The predicted molar refractivity (Wildman–Crippen MR) is 123 cm³/mol.